The lowest BCUT2D eigenvalue weighted by molar-refractivity contribution is 0.400. The third kappa shape index (κ3) is 6.43. The van der Waals surface area contributed by atoms with Crippen molar-refractivity contribution in [2.45, 2.75) is 26.4 Å². The predicted molar refractivity (Wildman–Crippen MR) is 83.2 cm³/mol. The summed E-state index contributed by atoms with van der Waals surface area (Å²) in [5.74, 6) is 2.49. The van der Waals surface area contributed by atoms with Crippen LogP contribution in [0.5, 0.6) is 0 Å². The fourth-order valence-electron chi connectivity index (χ4n) is 1.89. The van der Waals surface area contributed by atoms with Gasteiger partial charge in [-0.15, -0.1) is 0 Å². The summed E-state index contributed by atoms with van der Waals surface area (Å²) in [6.07, 6.45) is 1.26. The van der Waals surface area contributed by atoms with E-state index in [4.69, 9.17) is 0 Å². The maximum Gasteiger partial charge on any atom is 0.0230 e. The molecule has 0 bridgehead atoms. The van der Waals surface area contributed by atoms with E-state index in [-0.39, 0.29) is 0 Å². The Hall–Kier alpha value is -0.510. The van der Waals surface area contributed by atoms with E-state index in [1.807, 2.05) is 11.8 Å². The van der Waals surface area contributed by atoms with Gasteiger partial charge in [0.2, 0.25) is 0 Å². The zero-order valence-corrected chi connectivity index (χ0v) is 12.7. The lowest BCUT2D eigenvalue weighted by Crippen LogP contribution is -2.18. The molecule has 0 saturated carbocycles. The van der Waals surface area contributed by atoms with Gasteiger partial charge in [0, 0.05) is 13.1 Å². The molecule has 1 aromatic rings. The van der Waals surface area contributed by atoms with Crippen LogP contribution in [0.1, 0.15) is 24.5 Å². The summed E-state index contributed by atoms with van der Waals surface area (Å²) in [5, 5.41) is 3.54. The van der Waals surface area contributed by atoms with Gasteiger partial charge in [0.15, 0.2) is 0 Å². The Kier molecular flexibility index (Phi) is 8.14. The van der Waals surface area contributed by atoms with E-state index in [0.29, 0.717) is 0 Å². The van der Waals surface area contributed by atoms with Gasteiger partial charge in [-0.2, -0.15) is 11.8 Å². The second-order valence-electron chi connectivity index (χ2n) is 4.73. The van der Waals surface area contributed by atoms with Crippen molar-refractivity contribution in [3.63, 3.8) is 0 Å². The largest absolute Gasteiger partial charge is 0.313 e. The summed E-state index contributed by atoms with van der Waals surface area (Å²) in [6, 6.07) is 8.71. The van der Waals surface area contributed by atoms with E-state index >= 15 is 0 Å². The minimum Gasteiger partial charge on any atom is -0.313 e. The van der Waals surface area contributed by atoms with Crippen molar-refractivity contribution in [3.05, 3.63) is 35.4 Å². The molecule has 0 aromatic heterocycles. The molecule has 1 N–H and O–H groups in total. The highest BCUT2D eigenvalue weighted by Crippen LogP contribution is 2.10. The molecular weight excluding hydrogens is 240 g/mol. The van der Waals surface area contributed by atoms with Crippen molar-refractivity contribution >= 4 is 11.8 Å². The molecule has 102 valence electrons. The second-order valence-corrected chi connectivity index (χ2v) is 6.13. The van der Waals surface area contributed by atoms with Gasteiger partial charge in [0.1, 0.15) is 0 Å². The fraction of sp³-hybridized carbons (Fsp3) is 0.600. The van der Waals surface area contributed by atoms with Crippen molar-refractivity contribution in [2.75, 3.05) is 32.1 Å². The number of thioether (sulfide) groups is 1. The summed E-state index contributed by atoms with van der Waals surface area (Å²) in [6.45, 7) is 5.34. The highest BCUT2D eigenvalue weighted by molar-refractivity contribution is 7.99. The fourth-order valence-corrected chi connectivity index (χ4v) is 2.53. The minimum absolute atomic E-state index is 0.987. The van der Waals surface area contributed by atoms with E-state index < -0.39 is 0 Å². The number of nitrogens with one attached hydrogen (secondary N) is 1. The molecule has 0 heterocycles. The van der Waals surface area contributed by atoms with Crippen molar-refractivity contribution < 1.29 is 0 Å². The van der Waals surface area contributed by atoms with Crippen LogP contribution in [-0.2, 0) is 13.1 Å². The number of benzene rings is 1. The molecular formula is C15H26N2S. The number of nitrogens with zero attached hydrogens (tertiary/aromatic N) is 1. The molecule has 1 rings (SSSR count). The molecule has 0 spiro atoms. The Bertz CT molecular complexity index is 326. The van der Waals surface area contributed by atoms with Gasteiger partial charge >= 0.3 is 0 Å². The van der Waals surface area contributed by atoms with Crippen molar-refractivity contribution in [1.82, 2.24) is 10.2 Å². The zero-order valence-electron chi connectivity index (χ0n) is 11.9. The van der Waals surface area contributed by atoms with Gasteiger partial charge in [0.05, 0.1) is 0 Å². The molecule has 2 nitrogen and oxygen atoms in total. The van der Waals surface area contributed by atoms with Crippen LogP contribution in [0.25, 0.3) is 0 Å². The first kappa shape index (κ1) is 15.5. The molecule has 0 aliphatic carbocycles. The summed E-state index contributed by atoms with van der Waals surface area (Å²) < 4.78 is 0. The molecule has 0 atom stereocenters. The highest BCUT2D eigenvalue weighted by atomic mass is 32.2. The summed E-state index contributed by atoms with van der Waals surface area (Å²) in [7, 11) is 4.23. The SMILES string of the molecule is CCSCCCNCc1ccccc1CN(C)C. The first-order valence-electron chi connectivity index (χ1n) is 6.74. The van der Waals surface area contributed by atoms with Crippen molar-refractivity contribution in [1.29, 1.82) is 0 Å². The Morgan fingerprint density at radius 1 is 1.17 bits per heavy atom. The third-order valence-electron chi connectivity index (χ3n) is 2.77. The van der Waals surface area contributed by atoms with Gasteiger partial charge in [-0.3, -0.25) is 0 Å². The lowest BCUT2D eigenvalue weighted by atomic mass is 10.1. The molecule has 0 fully saturated rings. The molecule has 3 heteroatoms. The first-order chi connectivity index (χ1) is 8.74. The van der Waals surface area contributed by atoms with Gasteiger partial charge in [-0.25, -0.2) is 0 Å². The van der Waals surface area contributed by atoms with Crippen LogP contribution in [-0.4, -0.2) is 37.0 Å². The van der Waals surface area contributed by atoms with Gasteiger partial charge in [-0.05, 0) is 49.7 Å². The molecule has 0 aliphatic rings. The van der Waals surface area contributed by atoms with E-state index in [0.717, 1.165) is 19.6 Å². The van der Waals surface area contributed by atoms with Crippen LogP contribution < -0.4 is 5.32 Å². The monoisotopic (exact) mass is 266 g/mol. The Morgan fingerprint density at radius 2 is 1.89 bits per heavy atom. The van der Waals surface area contributed by atoms with E-state index in [2.05, 4.69) is 55.5 Å². The average molecular weight is 266 g/mol. The maximum atomic E-state index is 3.54. The standard InChI is InChI=1S/C15H26N2S/c1-4-18-11-7-10-16-12-14-8-5-6-9-15(14)13-17(2)3/h5-6,8-9,16H,4,7,10-13H2,1-3H3. The quantitative estimate of drug-likeness (QED) is 0.692. The Balaban J connectivity index is 2.32. The van der Waals surface area contributed by atoms with Crippen molar-refractivity contribution in [2.24, 2.45) is 0 Å². The average Bonchev–Trinajstić information content (AvgIpc) is 2.35. The molecule has 0 radical (unpaired) electrons. The number of hydrogen-bond acceptors (Lipinski definition) is 3. The minimum atomic E-state index is 0.987. The van der Waals surface area contributed by atoms with Crippen LogP contribution in [0.4, 0.5) is 0 Å². The molecule has 0 unspecified atom stereocenters. The van der Waals surface area contributed by atoms with Crippen LogP contribution in [0.15, 0.2) is 24.3 Å². The predicted octanol–water partition coefficient (Wildman–Crippen LogP) is 2.98. The molecule has 0 aliphatic heterocycles. The molecule has 0 saturated heterocycles. The van der Waals surface area contributed by atoms with Crippen LogP contribution in [0.2, 0.25) is 0 Å². The normalized spacial score (nSPS) is 11.1. The summed E-state index contributed by atoms with van der Waals surface area (Å²) in [4.78, 5) is 2.22. The summed E-state index contributed by atoms with van der Waals surface area (Å²) >= 11 is 2.02. The van der Waals surface area contributed by atoms with Gasteiger partial charge in [0.25, 0.3) is 0 Å². The Morgan fingerprint density at radius 3 is 2.56 bits per heavy atom. The number of hydrogen-bond donors (Lipinski definition) is 1. The highest BCUT2D eigenvalue weighted by Gasteiger charge is 2.02. The zero-order chi connectivity index (χ0) is 13.2. The Labute approximate surface area is 116 Å². The van der Waals surface area contributed by atoms with E-state index in [1.54, 1.807) is 0 Å². The topological polar surface area (TPSA) is 15.3 Å². The second kappa shape index (κ2) is 9.42. The maximum absolute atomic E-state index is 3.54. The van der Waals surface area contributed by atoms with Crippen LogP contribution in [0.3, 0.4) is 0 Å². The van der Waals surface area contributed by atoms with Gasteiger partial charge in [-0.1, -0.05) is 31.2 Å². The summed E-state index contributed by atoms with van der Waals surface area (Å²) in [5.41, 5.74) is 2.85. The van der Waals surface area contributed by atoms with Gasteiger partial charge < -0.3 is 10.2 Å². The molecule has 1 aromatic carbocycles. The van der Waals surface area contributed by atoms with Crippen molar-refractivity contribution in [3.8, 4) is 0 Å². The molecule has 0 amide bonds. The lowest BCUT2D eigenvalue weighted by Gasteiger charge is -2.14. The van der Waals surface area contributed by atoms with Crippen LogP contribution in [0, 0.1) is 0 Å². The third-order valence-corrected chi connectivity index (χ3v) is 3.75. The van der Waals surface area contributed by atoms with Crippen LogP contribution >= 0.6 is 11.8 Å². The molecule has 18 heavy (non-hydrogen) atoms. The number of rotatable bonds is 9. The smallest absolute Gasteiger partial charge is 0.0230 e. The van der Waals surface area contributed by atoms with E-state index in [9.17, 15) is 0 Å². The first-order valence-corrected chi connectivity index (χ1v) is 7.89. The van der Waals surface area contributed by atoms with E-state index in [1.165, 1.54) is 29.1 Å².